The molecule has 1 amide bonds. The number of carbonyl (C=O) groups is 1. The number of sulfonamides is 1. The fourth-order valence-electron chi connectivity index (χ4n) is 3.08. The monoisotopic (exact) mass is 388 g/mol. The maximum atomic E-state index is 12.4. The second-order valence-corrected chi connectivity index (χ2v) is 8.41. The van der Waals surface area contributed by atoms with Crippen LogP contribution in [0.25, 0.3) is 0 Å². The molecule has 1 aliphatic heterocycles. The molecule has 6 nitrogen and oxygen atoms in total. The molecular weight excluding hydrogens is 364 g/mol. The number of hydrogen-bond donors (Lipinski definition) is 1. The number of likely N-dealkylation sites (tertiary alicyclic amines) is 1. The Morgan fingerprint density at radius 2 is 1.81 bits per heavy atom. The molecule has 1 heterocycles. The number of hydrogen-bond acceptors (Lipinski definition) is 4. The molecule has 0 unspecified atom stereocenters. The first kappa shape index (κ1) is 19.4. The summed E-state index contributed by atoms with van der Waals surface area (Å²) in [5, 5.41) is 0. The van der Waals surface area contributed by atoms with E-state index >= 15 is 0 Å². The lowest BCUT2D eigenvalue weighted by molar-refractivity contribution is -0.134. The Morgan fingerprint density at radius 3 is 2.48 bits per heavy atom. The van der Waals surface area contributed by atoms with E-state index < -0.39 is 10.0 Å². The van der Waals surface area contributed by atoms with Gasteiger partial charge in [0.05, 0.1) is 4.90 Å². The number of rotatable bonds is 6. The minimum absolute atomic E-state index is 0.0101. The largest absolute Gasteiger partial charge is 0.484 e. The number of aryl methyl sites for hydroxylation is 1. The summed E-state index contributed by atoms with van der Waals surface area (Å²) in [5.74, 6) is 0.592. The number of nitrogens with zero attached hydrogens (tertiary/aromatic N) is 1. The number of amides is 1. The van der Waals surface area contributed by atoms with Crippen LogP contribution in [0.2, 0.25) is 0 Å². The van der Waals surface area contributed by atoms with Gasteiger partial charge in [-0.2, -0.15) is 0 Å². The summed E-state index contributed by atoms with van der Waals surface area (Å²) in [6.07, 6.45) is 1.17. The smallest absolute Gasteiger partial charge is 0.260 e. The normalized spacial score (nSPS) is 15.5. The topological polar surface area (TPSA) is 75.7 Å². The van der Waals surface area contributed by atoms with E-state index in [2.05, 4.69) is 4.72 Å². The van der Waals surface area contributed by atoms with Crippen molar-refractivity contribution in [2.24, 2.45) is 0 Å². The van der Waals surface area contributed by atoms with Crippen LogP contribution in [0.5, 0.6) is 5.75 Å². The van der Waals surface area contributed by atoms with E-state index in [1.165, 1.54) is 0 Å². The van der Waals surface area contributed by atoms with Gasteiger partial charge in [0.15, 0.2) is 6.61 Å². The van der Waals surface area contributed by atoms with Gasteiger partial charge in [0.2, 0.25) is 10.0 Å². The first-order valence-electron chi connectivity index (χ1n) is 8.99. The van der Waals surface area contributed by atoms with Crippen LogP contribution in [0.4, 0.5) is 0 Å². The van der Waals surface area contributed by atoms with E-state index in [-0.39, 0.29) is 23.5 Å². The molecule has 0 atom stereocenters. The molecule has 144 valence electrons. The average molecular weight is 388 g/mol. The molecule has 2 aromatic carbocycles. The molecule has 1 N–H and O–H groups in total. The molecule has 0 radical (unpaired) electrons. The van der Waals surface area contributed by atoms with Crippen molar-refractivity contribution in [1.29, 1.82) is 0 Å². The lowest BCUT2D eigenvalue weighted by Gasteiger charge is -2.32. The van der Waals surface area contributed by atoms with E-state index in [9.17, 15) is 13.2 Å². The third kappa shape index (κ3) is 5.30. The van der Waals surface area contributed by atoms with Gasteiger partial charge in [0.1, 0.15) is 5.75 Å². The van der Waals surface area contributed by atoms with Gasteiger partial charge in [-0.25, -0.2) is 13.1 Å². The summed E-state index contributed by atoms with van der Waals surface area (Å²) in [6.45, 7) is 2.98. The maximum absolute atomic E-state index is 12.4. The van der Waals surface area contributed by atoms with Gasteiger partial charge in [0, 0.05) is 19.1 Å². The van der Waals surface area contributed by atoms with Gasteiger partial charge in [-0.15, -0.1) is 0 Å². The summed E-state index contributed by atoms with van der Waals surface area (Å²) in [5.41, 5.74) is 1.08. The first-order valence-corrected chi connectivity index (χ1v) is 10.5. The molecule has 27 heavy (non-hydrogen) atoms. The molecule has 0 aliphatic carbocycles. The predicted molar refractivity (Wildman–Crippen MR) is 103 cm³/mol. The van der Waals surface area contributed by atoms with Gasteiger partial charge >= 0.3 is 0 Å². The second kappa shape index (κ2) is 8.54. The Balaban J connectivity index is 1.48. The Hall–Kier alpha value is -2.38. The summed E-state index contributed by atoms with van der Waals surface area (Å²) in [6, 6.07) is 15.7. The summed E-state index contributed by atoms with van der Waals surface area (Å²) < 4.78 is 33.1. The number of carbonyl (C=O) groups excluding carboxylic acids is 1. The van der Waals surface area contributed by atoms with Crippen molar-refractivity contribution in [2.75, 3.05) is 19.7 Å². The van der Waals surface area contributed by atoms with Crippen molar-refractivity contribution in [2.45, 2.75) is 30.7 Å². The highest BCUT2D eigenvalue weighted by molar-refractivity contribution is 7.89. The highest BCUT2D eigenvalue weighted by Gasteiger charge is 2.26. The predicted octanol–water partition coefficient (Wildman–Crippen LogP) is 2.34. The van der Waals surface area contributed by atoms with Gasteiger partial charge < -0.3 is 9.64 Å². The van der Waals surface area contributed by atoms with Crippen LogP contribution in [-0.2, 0) is 14.8 Å². The lowest BCUT2D eigenvalue weighted by atomic mass is 10.1. The Kier molecular flexibility index (Phi) is 6.13. The minimum Gasteiger partial charge on any atom is -0.484 e. The molecule has 0 spiro atoms. The number of benzene rings is 2. The molecule has 3 rings (SSSR count). The zero-order valence-corrected chi connectivity index (χ0v) is 16.1. The Labute approximate surface area is 160 Å². The van der Waals surface area contributed by atoms with E-state index in [4.69, 9.17) is 4.74 Å². The van der Waals surface area contributed by atoms with Gasteiger partial charge in [-0.1, -0.05) is 30.3 Å². The molecule has 1 aliphatic rings. The minimum atomic E-state index is -3.53. The van der Waals surface area contributed by atoms with Crippen molar-refractivity contribution in [3.05, 3.63) is 60.2 Å². The third-order valence-electron chi connectivity index (χ3n) is 4.57. The van der Waals surface area contributed by atoms with Crippen molar-refractivity contribution in [3.8, 4) is 5.75 Å². The van der Waals surface area contributed by atoms with Crippen LogP contribution < -0.4 is 9.46 Å². The zero-order chi connectivity index (χ0) is 19.3. The number of nitrogens with one attached hydrogen (secondary N) is 1. The standard InChI is InChI=1S/C20H24N2O4S/c1-16-6-5-7-18(14-16)26-15-20(23)22-12-10-17(11-13-22)21-27(24,25)19-8-3-2-4-9-19/h2-9,14,17,21H,10-13,15H2,1H3. The van der Waals surface area contributed by atoms with Crippen molar-refractivity contribution >= 4 is 15.9 Å². The van der Waals surface area contributed by atoms with Crippen LogP contribution in [0.3, 0.4) is 0 Å². The van der Waals surface area contributed by atoms with Gasteiger partial charge in [0.25, 0.3) is 5.91 Å². The molecule has 2 aromatic rings. The molecule has 0 aromatic heterocycles. The fourth-order valence-corrected chi connectivity index (χ4v) is 4.40. The van der Waals surface area contributed by atoms with E-state index in [1.54, 1.807) is 35.2 Å². The van der Waals surface area contributed by atoms with E-state index in [0.29, 0.717) is 31.7 Å². The van der Waals surface area contributed by atoms with Crippen LogP contribution in [0.1, 0.15) is 18.4 Å². The first-order chi connectivity index (χ1) is 12.9. The van der Waals surface area contributed by atoms with Gasteiger partial charge in [-0.3, -0.25) is 4.79 Å². The van der Waals surface area contributed by atoms with Crippen LogP contribution >= 0.6 is 0 Å². The van der Waals surface area contributed by atoms with Crippen LogP contribution in [0.15, 0.2) is 59.5 Å². The van der Waals surface area contributed by atoms with Crippen molar-refractivity contribution < 1.29 is 17.9 Å². The van der Waals surface area contributed by atoms with E-state index in [0.717, 1.165) is 5.56 Å². The molecule has 1 saturated heterocycles. The summed E-state index contributed by atoms with van der Waals surface area (Å²) in [7, 11) is -3.53. The second-order valence-electron chi connectivity index (χ2n) is 6.69. The van der Waals surface area contributed by atoms with Crippen molar-refractivity contribution in [1.82, 2.24) is 9.62 Å². The maximum Gasteiger partial charge on any atom is 0.260 e. The summed E-state index contributed by atoms with van der Waals surface area (Å²) >= 11 is 0. The highest BCUT2D eigenvalue weighted by Crippen LogP contribution is 2.16. The van der Waals surface area contributed by atoms with Crippen LogP contribution in [-0.4, -0.2) is 45.0 Å². The molecular formula is C20H24N2O4S. The molecule has 0 bridgehead atoms. The number of ether oxygens (including phenoxy) is 1. The van der Waals surface area contributed by atoms with E-state index in [1.807, 2.05) is 31.2 Å². The lowest BCUT2D eigenvalue weighted by Crippen LogP contribution is -2.47. The fraction of sp³-hybridized carbons (Fsp3) is 0.350. The average Bonchev–Trinajstić information content (AvgIpc) is 2.67. The quantitative estimate of drug-likeness (QED) is 0.824. The Bertz CT molecular complexity index is 876. The number of piperidine rings is 1. The molecule has 1 fully saturated rings. The summed E-state index contributed by atoms with van der Waals surface area (Å²) in [4.78, 5) is 14.3. The highest BCUT2D eigenvalue weighted by atomic mass is 32.2. The SMILES string of the molecule is Cc1cccc(OCC(=O)N2CCC(NS(=O)(=O)c3ccccc3)CC2)c1. The third-order valence-corrected chi connectivity index (χ3v) is 6.11. The Morgan fingerprint density at radius 1 is 1.11 bits per heavy atom. The molecule has 0 saturated carbocycles. The van der Waals surface area contributed by atoms with Crippen molar-refractivity contribution in [3.63, 3.8) is 0 Å². The molecule has 7 heteroatoms. The van der Waals surface area contributed by atoms with Gasteiger partial charge in [-0.05, 0) is 49.6 Å². The van der Waals surface area contributed by atoms with Crippen LogP contribution in [0, 0.1) is 6.92 Å². The zero-order valence-electron chi connectivity index (χ0n) is 15.3.